The molecule has 2 aliphatic carbocycles. The lowest BCUT2D eigenvalue weighted by atomic mass is 9.67. The van der Waals surface area contributed by atoms with Crippen molar-refractivity contribution in [2.75, 3.05) is 13.1 Å². The van der Waals surface area contributed by atoms with Gasteiger partial charge in [0.05, 0.1) is 5.52 Å². The first-order chi connectivity index (χ1) is 15.2. The Morgan fingerprint density at radius 2 is 1.90 bits per heavy atom. The summed E-state index contributed by atoms with van der Waals surface area (Å²) in [5, 5.41) is 9.95. The molecule has 3 aliphatic rings. The number of fused-ring (bicyclic) bond motifs is 1. The molecule has 2 saturated carbocycles. The van der Waals surface area contributed by atoms with E-state index in [-0.39, 0.29) is 17.2 Å². The Hall–Kier alpha value is -2.76. The molecular formula is C25H29N5O. The number of amides is 1. The molecule has 0 N–H and O–H groups in total. The van der Waals surface area contributed by atoms with Gasteiger partial charge in [0.2, 0.25) is 0 Å². The zero-order valence-corrected chi connectivity index (χ0v) is 17.9. The predicted molar refractivity (Wildman–Crippen MR) is 119 cm³/mol. The molecule has 3 fully saturated rings. The van der Waals surface area contributed by atoms with Gasteiger partial charge >= 0.3 is 0 Å². The lowest BCUT2D eigenvalue weighted by Crippen LogP contribution is -2.35. The highest BCUT2D eigenvalue weighted by Gasteiger charge is 2.51. The molecule has 3 heterocycles. The molecule has 6 nitrogen and oxygen atoms in total. The second-order valence-corrected chi connectivity index (χ2v) is 9.84. The minimum Gasteiger partial charge on any atom is -0.336 e. The summed E-state index contributed by atoms with van der Waals surface area (Å²) in [6.45, 7) is 2.55. The third-order valence-electron chi connectivity index (χ3n) is 7.71. The monoisotopic (exact) mass is 415 g/mol. The summed E-state index contributed by atoms with van der Waals surface area (Å²) >= 11 is 0. The van der Waals surface area contributed by atoms with Crippen LogP contribution in [0.25, 0.3) is 10.9 Å². The van der Waals surface area contributed by atoms with Crippen molar-refractivity contribution in [3.8, 4) is 0 Å². The van der Waals surface area contributed by atoms with E-state index in [4.69, 9.17) is 0 Å². The van der Waals surface area contributed by atoms with Crippen LogP contribution in [-0.4, -0.2) is 43.6 Å². The molecule has 1 atom stereocenters. The van der Waals surface area contributed by atoms with E-state index in [9.17, 15) is 4.79 Å². The first kappa shape index (κ1) is 19.0. The SMILES string of the molecule is O=C(c1ccc2ccccc2n1)N1CC(c2nncn2CC2CC2)C2(CCCCC2)C1. The first-order valence-corrected chi connectivity index (χ1v) is 11.7. The van der Waals surface area contributed by atoms with Crippen LogP contribution >= 0.6 is 0 Å². The van der Waals surface area contributed by atoms with Crippen LogP contribution in [0.1, 0.15) is 67.2 Å². The van der Waals surface area contributed by atoms with Gasteiger partial charge < -0.3 is 9.47 Å². The van der Waals surface area contributed by atoms with Gasteiger partial charge in [0.15, 0.2) is 0 Å². The van der Waals surface area contributed by atoms with E-state index in [1.165, 1.54) is 44.9 Å². The van der Waals surface area contributed by atoms with Crippen molar-refractivity contribution in [1.29, 1.82) is 0 Å². The van der Waals surface area contributed by atoms with E-state index in [0.29, 0.717) is 5.69 Å². The molecule has 6 heteroatoms. The zero-order valence-electron chi connectivity index (χ0n) is 17.9. The molecule has 0 bridgehead atoms. The van der Waals surface area contributed by atoms with Crippen LogP contribution < -0.4 is 0 Å². The molecule has 3 aromatic rings. The van der Waals surface area contributed by atoms with Crippen molar-refractivity contribution in [3.63, 3.8) is 0 Å². The Morgan fingerprint density at radius 1 is 1.06 bits per heavy atom. The molecule has 1 saturated heterocycles. The van der Waals surface area contributed by atoms with Gasteiger partial charge in [-0.25, -0.2) is 4.98 Å². The highest BCUT2D eigenvalue weighted by molar-refractivity contribution is 5.95. The normalized spacial score (nSPS) is 23.0. The molecule has 1 unspecified atom stereocenters. The predicted octanol–water partition coefficient (Wildman–Crippen LogP) is 4.43. The lowest BCUT2D eigenvalue weighted by molar-refractivity contribution is 0.0753. The maximum atomic E-state index is 13.5. The van der Waals surface area contributed by atoms with Gasteiger partial charge in [-0.2, -0.15) is 0 Å². The van der Waals surface area contributed by atoms with E-state index in [0.717, 1.165) is 42.3 Å². The number of likely N-dealkylation sites (tertiary alicyclic amines) is 1. The minimum atomic E-state index is 0.0476. The van der Waals surface area contributed by atoms with Crippen molar-refractivity contribution < 1.29 is 4.79 Å². The van der Waals surface area contributed by atoms with Crippen molar-refractivity contribution in [2.45, 2.75) is 57.4 Å². The van der Waals surface area contributed by atoms with Crippen LogP contribution in [0.15, 0.2) is 42.7 Å². The molecular weight excluding hydrogens is 386 g/mol. The number of aromatic nitrogens is 4. The summed E-state index contributed by atoms with van der Waals surface area (Å²) in [4.78, 5) is 20.3. The van der Waals surface area contributed by atoms with E-state index < -0.39 is 0 Å². The summed E-state index contributed by atoms with van der Waals surface area (Å²) in [6, 6.07) is 11.9. The third kappa shape index (κ3) is 3.42. The topological polar surface area (TPSA) is 63.9 Å². The van der Waals surface area contributed by atoms with Crippen molar-refractivity contribution >= 4 is 16.8 Å². The van der Waals surface area contributed by atoms with Gasteiger partial charge in [0, 0.05) is 30.9 Å². The number of nitrogens with zero attached hydrogens (tertiary/aromatic N) is 5. The van der Waals surface area contributed by atoms with Gasteiger partial charge in [-0.05, 0) is 49.1 Å². The Labute approximate surface area is 182 Å². The van der Waals surface area contributed by atoms with E-state index >= 15 is 0 Å². The average Bonchev–Trinajstić information content (AvgIpc) is 3.40. The summed E-state index contributed by atoms with van der Waals surface area (Å²) in [6.07, 6.45) is 10.6. The first-order valence-electron chi connectivity index (χ1n) is 11.7. The van der Waals surface area contributed by atoms with E-state index in [1.807, 2.05) is 47.6 Å². The largest absolute Gasteiger partial charge is 0.336 e. The molecule has 31 heavy (non-hydrogen) atoms. The van der Waals surface area contributed by atoms with Gasteiger partial charge in [-0.3, -0.25) is 4.79 Å². The summed E-state index contributed by atoms with van der Waals surface area (Å²) in [5.74, 6) is 2.18. The molecule has 1 spiro atoms. The number of para-hydroxylation sites is 1. The molecule has 2 aromatic heterocycles. The zero-order chi connectivity index (χ0) is 20.8. The quantitative estimate of drug-likeness (QED) is 0.632. The number of carbonyl (C=O) groups excluding carboxylic acids is 1. The fraction of sp³-hybridized carbons (Fsp3) is 0.520. The lowest BCUT2D eigenvalue weighted by Gasteiger charge is -2.37. The third-order valence-corrected chi connectivity index (χ3v) is 7.71. The Morgan fingerprint density at radius 3 is 2.74 bits per heavy atom. The van der Waals surface area contributed by atoms with Gasteiger partial charge in [-0.15, -0.1) is 10.2 Å². The molecule has 6 rings (SSSR count). The summed E-state index contributed by atoms with van der Waals surface area (Å²) in [7, 11) is 0. The Bertz CT molecular complexity index is 1110. The molecule has 1 aromatic carbocycles. The Balaban J connectivity index is 1.32. The maximum absolute atomic E-state index is 13.5. The van der Waals surface area contributed by atoms with Crippen LogP contribution in [0.5, 0.6) is 0 Å². The van der Waals surface area contributed by atoms with E-state index in [1.54, 1.807) is 0 Å². The number of carbonyl (C=O) groups is 1. The van der Waals surface area contributed by atoms with Crippen LogP contribution in [0.2, 0.25) is 0 Å². The molecule has 1 amide bonds. The second kappa shape index (κ2) is 7.43. The number of hydrogen-bond donors (Lipinski definition) is 0. The molecule has 0 radical (unpaired) electrons. The van der Waals surface area contributed by atoms with Crippen molar-refractivity contribution in [3.05, 3.63) is 54.2 Å². The average molecular weight is 416 g/mol. The highest BCUT2D eigenvalue weighted by atomic mass is 16.2. The smallest absolute Gasteiger partial charge is 0.272 e. The number of hydrogen-bond acceptors (Lipinski definition) is 4. The standard InChI is InChI=1S/C25H29N5O/c31-24(22-11-10-19-6-2-3-7-21(19)27-22)29-15-20(25(16-29)12-4-1-5-13-25)23-28-26-17-30(23)14-18-8-9-18/h2-3,6-7,10-11,17-18,20H,1,4-5,8-9,12-16H2. The fourth-order valence-electron chi connectivity index (χ4n) is 5.84. The highest BCUT2D eigenvalue weighted by Crippen LogP contribution is 2.52. The van der Waals surface area contributed by atoms with Crippen LogP contribution in [-0.2, 0) is 6.54 Å². The molecule has 1 aliphatic heterocycles. The fourth-order valence-corrected chi connectivity index (χ4v) is 5.84. The van der Waals surface area contributed by atoms with Crippen LogP contribution in [0.4, 0.5) is 0 Å². The Kier molecular flexibility index (Phi) is 4.55. The van der Waals surface area contributed by atoms with E-state index in [2.05, 4.69) is 19.7 Å². The number of pyridine rings is 1. The minimum absolute atomic E-state index is 0.0476. The van der Waals surface area contributed by atoms with Gasteiger partial charge in [-0.1, -0.05) is 43.5 Å². The number of rotatable bonds is 4. The van der Waals surface area contributed by atoms with Crippen LogP contribution in [0, 0.1) is 11.3 Å². The second-order valence-electron chi connectivity index (χ2n) is 9.84. The van der Waals surface area contributed by atoms with Crippen LogP contribution in [0.3, 0.4) is 0 Å². The number of benzene rings is 1. The molecule has 160 valence electrons. The summed E-state index contributed by atoms with van der Waals surface area (Å²) in [5.41, 5.74) is 1.55. The van der Waals surface area contributed by atoms with Gasteiger partial charge in [0.1, 0.15) is 17.8 Å². The summed E-state index contributed by atoms with van der Waals surface area (Å²) < 4.78 is 2.28. The van der Waals surface area contributed by atoms with Gasteiger partial charge in [0.25, 0.3) is 5.91 Å². The maximum Gasteiger partial charge on any atom is 0.272 e. The van der Waals surface area contributed by atoms with Crippen molar-refractivity contribution in [2.24, 2.45) is 11.3 Å². The van der Waals surface area contributed by atoms with Crippen molar-refractivity contribution in [1.82, 2.24) is 24.6 Å².